The molecule has 25 heavy (non-hydrogen) atoms. The van der Waals surface area contributed by atoms with Gasteiger partial charge < -0.3 is 0 Å². The average Bonchev–Trinajstić information content (AvgIpc) is 3.08. The number of carbonyl (C=O) groups is 1. The van der Waals surface area contributed by atoms with Crippen molar-refractivity contribution in [2.24, 2.45) is 5.92 Å². The maximum Gasteiger partial charge on any atom is 0.166 e. The predicted octanol–water partition coefficient (Wildman–Crippen LogP) is 5.85. The van der Waals surface area contributed by atoms with Crippen molar-refractivity contribution in [2.45, 2.75) is 55.4 Å². The molecular weight excluding hydrogens is 324 g/mol. The van der Waals surface area contributed by atoms with E-state index in [0.29, 0.717) is 5.78 Å². The molecule has 2 fully saturated rings. The first-order chi connectivity index (χ1) is 12.0. The second-order valence-corrected chi connectivity index (χ2v) is 10.0. The molecule has 2 aliphatic heterocycles. The molecule has 3 aliphatic rings. The summed E-state index contributed by atoms with van der Waals surface area (Å²) >= 11 is 2.13. The molecule has 2 aromatic carbocycles. The quantitative estimate of drug-likeness (QED) is 0.633. The summed E-state index contributed by atoms with van der Waals surface area (Å²) in [6.45, 7) is 4.56. The Balaban J connectivity index is 1.52. The van der Waals surface area contributed by atoms with Crippen LogP contribution in [0, 0.1) is 5.92 Å². The molecule has 2 saturated heterocycles. The normalized spacial score (nSPS) is 28.5. The van der Waals surface area contributed by atoms with Gasteiger partial charge in [-0.1, -0.05) is 50.2 Å². The highest BCUT2D eigenvalue weighted by atomic mass is 32.2. The van der Waals surface area contributed by atoms with Crippen molar-refractivity contribution in [1.82, 2.24) is 0 Å². The van der Waals surface area contributed by atoms with Crippen LogP contribution in [0.4, 0.5) is 0 Å². The van der Waals surface area contributed by atoms with Crippen molar-refractivity contribution in [2.75, 3.05) is 0 Å². The summed E-state index contributed by atoms with van der Waals surface area (Å²) in [7, 11) is 0. The zero-order chi connectivity index (χ0) is 17.2. The Morgan fingerprint density at radius 1 is 0.960 bits per heavy atom. The highest BCUT2D eigenvalue weighted by Crippen LogP contribution is 2.50. The molecule has 0 saturated carbocycles. The van der Waals surface area contributed by atoms with Crippen LogP contribution in [0.2, 0.25) is 0 Å². The molecule has 1 aliphatic carbocycles. The number of hydrogen-bond acceptors (Lipinski definition) is 2. The summed E-state index contributed by atoms with van der Waals surface area (Å²) in [5.41, 5.74) is 6.22. The third-order valence-electron chi connectivity index (χ3n) is 6.53. The maximum absolute atomic E-state index is 13.2. The molecule has 2 bridgehead atoms. The van der Waals surface area contributed by atoms with Gasteiger partial charge in [0.25, 0.3) is 0 Å². The van der Waals surface area contributed by atoms with Crippen LogP contribution in [0.1, 0.15) is 61.0 Å². The van der Waals surface area contributed by atoms with Crippen LogP contribution in [-0.2, 0) is 5.41 Å². The molecule has 2 heteroatoms. The van der Waals surface area contributed by atoms with E-state index in [4.69, 9.17) is 0 Å². The van der Waals surface area contributed by atoms with Crippen LogP contribution >= 0.6 is 11.8 Å². The molecule has 0 radical (unpaired) electrons. The zero-order valence-corrected chi connectivity index (χ0v) is 15.7. The van der Waals surface area contributed by atoms with Crippen molar-refractivity contribution in [1.29, 1.82) is 0 Å². The Morgan fingerprint density at radius 3 is 2.40 bits per heavy atom. The SMILES string of the molecule is CC1(C)c2ccccc2-c2ccc(C(=O)C3CC4CCC(C3)S4)cc21. The first kappa shape index (κ1) is 15.7. The Hall–Kier alpha value is -1.54. The van der Waals surface area contributed by atoms with Gasteiger partial charge in [0, 0.05) is 27.4 Å². The molecule has 2 heterocycles. The van der Waals surface area contributed by atoms with E-state index in [1.54, 1.807) is 0 Å². The number of fused-ring (bicyclic) bond motifs is 5. The van der Waals surface area contributed by atoms with Crippen LogP contribution < -0.4 is 0 Å². The van der Waals surface area contributed by atoms with E-state index >= 15 is 0 Å². The topological polar surface area (TPSA) is 17.1 Å². The molecule has 1 nitrogen and oxygen atoms in total. The van der Waals surface area contributed by atoms with Crippen molar-refractivity contribution < 1.29 is 4.79 Å². The van der Waals surface area contributed by atoms with Crippen LogP contribution in [0.25, 0.3) is 11.1 Å². The summed E-state index contributed by atoms with van der Waals surface area (Å²) in [4.78, 5) is 13.2. The van der Waals surface area contributed by atoms with E-state index in [0.717, 1.165) is 28.9 Å². The van der Waals surface area contributed by atoms with Gasteiger partial charge in [0.1, 0.15) is 0 Å². The largest absolute Gasteiger partial charge is 0.294 e. The highest BCUT2D eigenvalue weighted by Gasteiger charge is 2.39. The van der Waals surface area contributed by atoms with Gasteiger partial charge >= 0.3 is 0 Å². The molecule has 128 valence electrons. The predicted molar refractivity (Wildman–Crippen MR) is 105 cm³/mol. The molecule has 0 N–H and O–H groups in total. The zero-order valence-electron chi connectivity index (χ0n) is 14.9. The van der Waals surface area contributed by atoms with E-state index in [9.17, 15) is 4.79 Å². The van der Waals surface area contributed by atoms with E-state index in [-0.39, 0.29) is 11.3 Å². The lowest BCUT2D eigenvalue weighted by molar-refractivity contribution is 0.0907. The van der Waals surface area contributed by atoms with Crippen molar-refractivity contribution >= 4 is 17.5 Å². The Kier molecular flexibility index (Phi) is 3.44. The monoisotopic (exact) mass is 348 g/mol. The van der Waals surface area contributed by atoms with Crippen molar-refractivity contribution in [3.63, 3.8) is 0 Å². The van der Waals surface area contributed by atoms with Gasteiger partial charge in [-0.3, -0.25) is 4.79 Å². The lowest BCUT2D eigenvalue weighted by Gasteiger charge is -2.27. The van der Waals surface area contributed by atoms with Gasteiger partial charge in [0.15, 0.2) is 5.78 Å². The fourth-order valence-corrected chi connectivity index (χ4v) is 6.94. The molecule has 2 atom stereocenters. The van der Waals surface area contributed by atoms with Gasteiger partial charge in [-0.2, -0.15) is 11.8 Å². The number of carbonyl (C=O) groups excluding carboxylic acids is 1. The molecule has 0 aromatic heterocycles. The lowest BCUT2D eigenvalue weighted by atomic mass is 9.81. The van der Waals surface area contributed by atoms with Gasteiger partial charge in [0.05, 0.1) is 0 Å². The van der Waals surface area contributed by atoms with Crippen molar-refractivity contribution in [3.8, 4) is 11.1 Å². The van der Waals surface area contributed by atoms with Crippen LogP contribution in [-0.4, -0.2) is 16.3 Å². The minimum Gasteiger partial charge on any atom is -0.294 e. The fourth-order valence-electron chi connectivity index (χ4n) is 5.17. The number of thioether (sulfide) groups is 1. The third kappa shape index (κ3) is 2.33. The van der Waals surface area contributed by atoms with E-state index in [1.807, 2.05) is 0 Å². The number of benzene rings is 2. The molecule has 2 unspecified atom stereocenters. The van der Waals surface area contributed by atoms with Gasteiger partial charge in [-0.25, -0.2) is 0 Å². The number of Topliss-reactive ketones (excluding diaryl/α,β-unsaturated/α-hetero) is 1. The first-order valence-corrected chi connectivity index (χ1v) is 10.4. The Labute approximate surface area is 154 Å². The molecule has 0 spiro atoms. The smallest absolute Gasteiger partial charge is 0.166 e. The molecule has 0 amide bonds. The minimum absolute atomic E-state index is 0.0241. The summed E-state index contributed by atoms with van der Waals surface area (Å²) in [6, 6.07) is 15.1. The van der Waals surface area contributed by atoms with Gasteiger partial charge in [-0.05, 0) is 54.0 Å². The number of hydrogen-bond donors (Lipinski definition) is 0. The van der Waals surface area contributed by atoms with Gasteiger partial charge in [0.2, 0.25) is 0 Å². The second kappa shape index (κ2) is 5.48. The lowest BCUT2D eigenvalue weighted by Crippen LogP contribution is -2.25. The van der Waals surface area contributed by atoms with Crippen LogP contribution in [0.5, 0.6) is 0 Å². The van der Waals surface area contributed by atoms with Gasteiger partial charge in [-0.15, -0.1) is 0 Å². The third-order valence-corrected chi connectivity index (χ3v) is 8.16. The minimum atomic E-state index is -0.0241. The summed E-state index contributed by atoms with van der Waals surface area (Å²) < 4.78 is 0. The van der Waals surface area contributed by atoms with E-state index in [2.05, 4.69) is 68.1 Å². The fraction of sp³-hybridized carbons (Fsp3) is 0.435. The van der Waals surface area contributed by atoms with E-state index in [1.165, 1.54) is 35.1 Å². The van der Waals surface area contributed by atoms with Crippen LogP contribution in [0.15, 0.2) is 42.5 Å². The Bertz CT molecular complexity index is 854. The van der Waals surface area contributed by atoms with E-state index < -0.39 is 0 Å². The Morgan fingerprint density at radius 2 is 1.64 bits per heavy atom. The molecular formula is C23H24OS. The summed E-state index contributed by atoms with van der Waals surface area (Å²) in [6.07, 6.45) is 4.79. The summed E-state index contributed by atoms with van der Waals surface area (Å²) in [5.74, 6) is 0.621. The maximum atomic E-state index is 13.2. The molecule has 5 rings (SSSR count). The van der Waals surface area contributed by atoms with Crippen LogP contribution in [0.3, 0.4) is 0 Å². The summed E-state index contributed by atoms with van der Waals surface area (Å²) in [5, 5.41) is 1.45. The average molecular weight is 349 g/mol. The molecule has 2 aromatic rings. The number of rotatable bonds is 2. The standard InChI is InChI=1S/C23H24OS/c1-23(2)20-6-4-3-5-18(20)19-10-7-14(13-21(19)23)22(24)15-11-16-8-9-17(12-15)25-16/h3-7,10,13,15-17H,8-9,11-12H2,1-2H3. The van der Waals surface area contributed by atoms with Crippen molar-refractivity contribution in [3.05, 3.63) is 59.2 Å². The highest BCUT2D eigenvalue weighted by molar-refractivity contribution is 8.00. The first-order valence-electron chi connectivity index (χ1n) is 9.48. The number of ketones is 1. The second-order valence-electron chi connectivity index (χ2n) is 8.42.